The van der Waals surface area contributed by atoms with Gasteiger partial charge in [-0.1, -0.05) is 13.8 Å². The number of rotatable bonds is 3. The Bertz CT molecular complexity index is 625. The van der Waals surface area contributed by atoms with E-state index >= 15 is 0 Å². The summed E-state index contributed by atoms with van der Waals surface area (Å²) in [7, 11) is 1.62. The molecule has 0 unspecified atom stereocenters. The number of carbonyl (C=O) groups is 2. The van der Waals surface area contributed by atoms with Crippen molar-refractivity contribution in [1.82, 2.24) is 4.90 Å². The number of benzene rings is 1. The molecule has 2 heterocycles. The van der Waals surface area contributed by atoms with Gasteiger partial charge < -0.3 is 14.5 Å². The number of piperidine rings is 1. The van der Waals surface area contributed by atoms with E-state index in [-0.39, 0.29) is 11.3 Å². The molecule has 5 heteroatoms. The fourth-order valence-corrected chi connectivity index (χ4v) is 3.37. The molecule has 1 aromatic carbocycles. The van der Waals surface area contributed by atoms with Gasteiger partial charge in [0.15, 0.2) is 0 Å². The molecule has 118 valence electrons. The van der Waals surface area contributed by atoms with Crippen LogP contribution in [0.1, 0.15) is 37.8 Å². The fraction of sp³-hybridized carbons (Fsp3) is 0.529. The van der Waals surface area contributed by atoms with E-state index in [1.165, 1.54) is 0 Å². The Morgan fingerprint density at radius 3 is 2.55 bits per heavy atom. The first-order chi connectivity index (χ1) is 10.5. The van der Waals surface area contributed by atoms with Crippen molar-refractivity contribution in [3.63, 3.8) is 0 Å². The van der Waals surface area contributed by atoms with Crippen LogP contribution >= 0.6 is 0 Å². The number of methoxy groups -OCH3 is 1. The lowest BCUT2D eigenvalue weighted by Crippen LogP contribution is -2.46. The minimum absolute atomic E-state index is 0.141. The van der Waals surface area contributed by atoms with Crippen LogP contribution in [-0.2, 0) is 22.7 Å². The Labute approximate surface area is 130 Å². The van der Waals surface area contributed by atoms with Crippen LogP contribution in [0, 0.1) is 5.41 Å². The molecule has 0 bridgehead atoms. The molecular formula is C17H22N2O3. The van der Waals surface area contributed by atoms with Crippen LogP contribution in [-0.4, -0.2) is 30.9 Å². The maximum Gasteiger partial charge on any atom is 0.232 e. The van der Waals surface area contributed by atoms with Gasteiger partial charge in [-0.25, -0.2) is 0 Å². The van der Waals surface area contributed by atoms with Crippen LogP contribution in [0.15, 0.2) is 12.1 Å². The highest BCUT2D eigenvalue weighted by Gasteiger charge is 2.37. The van der Waals surface area contributed by atoms with Crippen molar-refractivity contribution in [3.8, 4) is 5.75 Å². The lowest BCUT2D eigenvalue weighted by atomic mass is 9.83. The molecule has 5 nitrogen and oxygen atoms in total. The molecule has 0 N–H and O–H groups in total. The minimum atomic E-state index is -0.336. The molecule has 0 aliphatic carbocycles. The van der Waals surface area contributed by atoms with Crippen molar-refractivity contribution < 1.29 is 14.3 Å². The first-order valence-electron chi connectivity index (χ1n) is 7.67. The van der Waals surface area contributed by atoms with E-state index in [0.717, 1.165) is 42.6 Å². The molecule has 0 aromatic heterocycles. The number of amides is 2. The Morgan fingerprint density at radius 1 is 1.23 bits per heavy atom. The zero-order valence-electron chi connectivity index (χ0n) is 13.4. The highest BCUT2D eigenvalue weighted by molar-refractivity contribution is 5.99. The van der Waals surface area contributed by atoms with Crippen LogP contribution in [0.5, 0.6) is 5.75 Å². The summed E-state index contributed by atoms with van der Waals surface area (Å²) in [5.74, 6) is 0.847. The topological polar surface area (TPSA) is 49.9 Å². The van der Waals surface area contributed by atoms with Crippen LogP contribution in [0.25, 0.3) is 0 Å². The lowest BCUT2D eigenvalue weighted by molar-refractivity contribution is -0.128. The quantitative estimate of drug-likeness (QED) is 0.805. The highest BCUT2D eigenvalue weighted by Crippen LogP contribution is 2.40. The summed E-state index contributed by atoms with van der Waals surface area (Å²) in [4.78, 5) is 27.3. The first-order valence-corrected chi connectivity index (χ1v) is 7.67. The van der Waals surface area contributed by atoms with E-state index in [9.17, 15) is 9.59 Å². The van der Waals surface area contributed by atoms with Gasteiger partial charge in [-0.15, -0.1) is 0 Å². The minimum Gasteiger partial charge on any atom is -0.495 e. The largest absolute Gasteiger partial charge is 0.495 e. The van der Waals surface area contributed by atoms with Gasteiger partial charge in [-0.2, -0.15) is 0 Å². The van der Waals surface area contributed by atoms with Crippen LogP contribution in [0.3, 0.4) is 0 Å². The summed E-state index contributed by atoms with van der Waals surface area (Å²) in [6, 6.07) is 3.97. The van der Waals surface area contributed by atoms with Crippen LogP contribution in [0.4, 0.5) is 5.69 Å². The third-order valence-electron chi connectivity index (χ3n) is 4.70. The van der Waals surface area contributed by atoms with Crippen molar-refractivity contribution in [2.24, 2.45) is 5.41 Å². The SMILES string of the molecule is COc1cc2c(cc1N1CCCC(C)(C)C1=O)CN(C=O)C2. The number of ether oxygens (including phenoxy) is 1. The molecule has 3 rings (SSSR count). The molecular weight excluding hydrogens is 280 g/mol. The predicted molar refractivity (Wildman–Crippen MR) is 83.7 cm³/mol. The maximum atomic E-state index is 12.7. The van der Waals surface area contributed by atoms with Gasteiger partial charge >= 0.3 is 0 Å². The second kappa shape index (κ2) is 5.30. The summed E-state index contributed by atoms with van der Waals surface area (Å²) < 4.78 is 5.51. The molecule has 0 spiro atoms. The number of hydrogen-bond donors (Lipinski definition) is 0. The second-order valence-corrected chi connectivity index (χ2v) is 6.75. The fourth-order valence-electron chi connectivity index (χ4n) is 3.37. The molecule has 2 amide bonds. The highest BCUT2D eigenvalue weighted by atomic mass is 16.5. The van der Waals surface area contributed by atoms with E-state index in [2.05, 4.69) is 0 Å². The second-order valence-electron chi connectivity index (χ2n) is 6.75. The Morgan fingerprint density at radius 2 is 1.91 bits per heavy atom. The van der Waals surface area contributed by atoms with Gasteiger partial charge in [0.05, 0.1) is 12.8 Å². The Balaban J connectivity index is 2.01. The van der Waals surface area contributed by atoms with Crippen molar-refractivity contribution in [1.29, 1.82) is 0 Å². The molecule has 22 heavy (non-hydrogen) atoms. The third kappa shape index (κ3) is 2.34. The zero-order valence-corrected chi connectivity index (χ0v) is 13.4. The van der Waals surface area contributed by atoms with Crippen molar-refractivity contribution in [2.45, 2.75) is 39.8 Å². The smallest absolute Gasteiger partial charge is 0.232 e. The molecule has 0 radical (unpaired) electrons. The lowest BCUT2D eigenvalue weighted by Gasteiger charge is -2.37. The van der Waals surface area contributed by atoms with Gasteiger partial charge in [0, 0.05) is 25.0 Å². The van der Waals surface area contributed by atoms with E-state index in [1.807, 2.05) is 30.9 Å². The van der Waals surface area contributed by atoms with E-state index in [0.29, 0.717) is 18.8 Å². The predicted octanol–water partition coefficient (Wildman–Crippen LogP) is 2.32. The number of fused-ring (bicyclic) bond motifs is 1. The number of hydrogen-bond acceptors (Lipinski definition) is 3. The van der Waals surface area contributed by atoms with Crippen molar-refractivity contribution in [3.05, 3.63) is 23.3 Å². The standard InChI is InChI=1S/C17H22N2O3/c1-17(2)5-4-6-19(16(17)21)14-7-12-9-18(11-20)10-13(12)8-15(14)22-3/h7-8,11H,4-6,9-10H2,1-3H3. The third-order valence-corrected chi connectivity index (χ3v) is 4.70. The average Bonchev–Trinajstić information content (AvgIpc) is 2.90. The summed E-state index contributed by atoms with van der Waals surface area (Å²) in [5, 5.41) is 0. The number of anilines is 1. The maximum absolute atomic E-state index is 12.7. The zero-order chi connectivity index (χ0) is 15.9. The normalized spacial score (nSPS) is 20.0. The van der Waals surface area contributed by atoms with Gasteiger partial charge in [-0.05, 0) is 36.1 Å². The van der Waals surface area contributed by atoms with Crippen molar-refractivity contribution >= 4 is 18.0 Å². The average molecular weight is 302 g/mol. The van der Waals surface area contributed by atoms with E-state index < -0.39 is 0 Å². The summed E-state index contributed by atoms with van der Waals surface area (Å²) >= 11 is 0. The number of nitrogens with zero attached hydrogens (tertiary/aromatic N) is 2. The molecule has 0 atom stereocenters. The Hall–Kier alpha value is -2.04. The van der Waals surface area contributed by atoms with Crippen LogP contribution < -0.4 is 9.64 Å². The summed E-state index contributed by atoms with van der Waals surface area (Å²) in [5.41, 5.74) is 2.68. The number of carbonyl (C=O) groups excluding carboxylic acids is 2. The first kappa shape index (κ1) is 14.9. The summed E-state index contributed by atoms with van der Waals surface area (Å²) in [6.07, 6.45) is 2.76. The van der Waals surface area contributed by atoms with Crippen molar-refractivity contribution in [2.75, 3.05) is 18.6 Å². The molecule has 1 saturated heterocycles. The van der Waals surface area contributed by atoms with Gasteiger partial charge in [0.1, 0.15) is 5.75 Å². The van der Waals surface area contributed by atoms with Gasteiger partial charge in [0.25, 0.3) is 0 Å². The molecule has 2 aliphatic rings. The molecule has 1 fully saturated rings. The van der Waals surface area contributed by atoms with Gasteiger partial charge in [-0.3, -0.25) is 9.59 Å². The van der Waals surface area contributed by atoms with Gasteiger partial charge in [0.2, 0.25) is 12.3 Å². The van der Waals surface area contributed by atoms with E-state index in [4.69, 9.17) is 4.74 Å². The molecule has 2 aliphatic heterocycles. The van der Waals surface area contributed by atoms with Crippen LogP contribution in [0.2, 0.25) is 0 Å². The van der Waals surface area contributed by atoms with E-state index in [1.54, 1.807) is 12.0 Å². The Kier molecular flexibility index (Phi) is 3.59. The summed E-state index contributed by atoms with van der Waals surface area (Å²) in [6.45, 7) is 5.91. The molecule has 1 aromatic rings. The molecule has 0 saturated carbocycles. The monoisotopic (exact) mass is 302 g/mol.